The maximum absolute atomic E-state index is 2.64. The summed E-state index contributed by atoms with van der Waals surface area (Å²) < 4.78 is 2.64. The molecule has 1 spiro atoms. The topological polar surface area (TPSA) is 3.88 Å². The number of hydrogen-bond donors (Lipinski definition) is 0. The van der Waals surface area contributed by atoms with Crippen molar-refractivity contribution in [2.45, 2.75) is 30.2 Å². The van der Waals surface area contributed by atoms with Crippen molar-refractivity contribution in [2.75, 3.05) is 0 Å². The molecule has 0 saturated heterocycles. The molecule has 1 aromatic heterocycles. The van der Waals surface area contributed by atoms with E-state index in [0.29, 0.717) is 11.8 Å². The number of benzene rings is 3. The Labute approximate surface area is 170 Å². The minimum atomic E-state index is 0.00113. The SMILES string of the molecule is c1ccc2c(c1)CC13c4c(cccc4-c4cccc[n+]41)-c1cccc4c1[C@H]3[C@H]2C4. The van der Waals surface area contributed by atoms with Gasteiger partial charge in [-0.05, 0) is 51.9 Å². The third-order valence-corrected chi connectivity index (χ3v) is 8.13. The van der Waals surface area contributed by atoms with Gasteiger partial charge in [-0.2, -0.15) is 4.57 Å². The van der Waals surface area contributed by atoms with E-state index in [9.17, 15) is 0 Å². The molecule has 0 saturated carbocycles. The van der Waals surface area contributed by atoms with Crippen molar-refractivity contribution in [3.8, 4) is 22.4 Å². The highest BCUT2D eigenvalue weighted by molar-refractivity contribution is 5.86. The third kappa shape index (κ3) is 1.47. The fourth-order valence-corrected chi connectivity index (χ4v) is 7.33. The Balaban J connectivity index is 1.61. The summed E-state index contributed by atoms with van der Waals surface area (Å²) in [6, 6.07) is 30.0. The molecule has 1 heteroatoms. The molecule has 2 heterocycles. The van der Waals surface area contributed by atoms with Gasteiger partial charge in [0.05, 0.1) is 11.5 Å². The second kappa shape index (κ2) is 4.68. The molecule has 0 amide bonds. The molecule has 3 aliphatic carbocycles. The van der Waals surface area contributed by atoms with Crippen molar-refractivity contribution < 1.29 is 4.57 Å². The van der Waals surface area contributed by atoms with Crippen molar-refractivity contribution in [2.24, 2.45) is 0 Å². The van der Waals surface area contributed by atoms with E-state index in [2.05, 4.69) is 89.6 Å². The van der Waals surface area contributed by atoms with Gasteiger partial charge in [0.1, 0.15) is 0 Å². The lowest BCUT2D eigenvalue weighted by Gasteiger charge is -2.44. The van der Waals surface area contributed by atoms with E-state index in [0.717, 1.165) is 6.42 Å². The van der Waals surface area contributed by atoms with Crippen LogP contribution in [0.25, 0.3) is 22.4 Å². The number of pyridine rings is 1. The predicted molar refractivity (Wildman–Crippen MR) is 114 cm³/mol. The van der Waals surface area contributed by atoms with Crippen LogP contribution in [0.3, 0.4) is 0 Å². The standard InChI is InChI=1S/C28H20N/c1-2-9-19-18(7-1)16-28-26-21(11-6-12-22(26)24-13-3-4-14-29(24)28)20-10-5-8-17-15-23(19)27(28)25(17)20/h1-14,23,27H,15-16H2/q+1/t23-,27+,28?/m0/s1. The molecular weight excluding hydrogens is 350 g/mol. The average Bonchev–Trinajstić information content (AvgIpc) is 3.30. The molecule has 4 aliphatic rings. The highest BCUT2D eigenvalue weighted by Crippen LogP contribution is 2.66. The zero-order valence-corrected chi connectivity index (χ0v) is 16.1. The molecular formula is C28H20N+. The Bertz CT molecular complexity index is 1380. The van der Waals surface area contributed by atoms with Crippen molar-refractivity contribution in [1.29, 1.82) is 0 Å². The molecule has 0 bridgehead atoms. The number of hydrogen-bond acceptors (Lipinski definition) is 0. The van der Waals surface area contributed by atoms with Crippen molar-refractivity contribution in [3.05, 3.63) is 113 Å². The minimum absolute atomic E-state index is 0.00113. The lowest BCUT2D eigenvalue weighted by molar-refractivity contribution is -0.743. The number of fused-ring (bicyclic) bond motifs is 5. The highest BCUT2D eigenvalue weighted by Gasteiger charge is 2.66. The van der Waals surface area contributed by atoms with Crippen LogP contribution < -0.4 is 4.57 Å². The van der Waals surface area contributed by atoms with Crippen LogP contribution in [-0.2, 0) is 18.4 Å². The molecule has 29 heavy (non-hydrogen) atoms. The van der Waals surface area contributed by atoms with Gasteiger partial charge in [0.15, 0.2) is 6.20 Å². The molecule has 1 unspecified atom stereocenters. The van der Waals surface area contributed by atoms with E-state index in [-0.39, 0.29) is 5.54 Å². The summed E-state index contributed by atoms with van der Waals surface area (Å²) in [7, 11) is 0. The molecule has 3 atom stereocenters. The molecule has 4 aromatic rings. The zero-order chi connectivity index (χ0) is 18.7. The van der Waals surface area contributed by atoms with E-state index in [4.69, 9.17) is 0 Å². The molecule has 0 N–H and O–H groups in total. The Morgan fingerprint density at radius 2 is 1.52 bits per heavy atom. The van der Waals surface area contributed by atoms with Gasteiger partial charge in [0, 0.05) is 30.0 Å². The normalized spacial score (nSPS) is 25.8. The van der Waals surface area contributed by atoms with Crippen LogP contribution >= 0.6 is 0 Å². The quantitative estimate of drug-likeness (QED) is 0.367. The van der Waals surface area contributed by atoms with Gasteiger partial charge in [0.2, 0.25) is 11.2 Å². The Kier molecular flexibility index (Phi) is 2.38. The first-order chi connectivity index (χ1) is 14.4. The van der Waals surface area contributed by atoms with E-state index < -0.39 is 0 Å². The summed E-state index contributed by atoms with van der Waals surface area (Å²) >= 11 is 0. The van der Waals surface area contributed by atoms with Crippen molar-refractivity contribution in [1.82, 2.24) is 0 Å². The fourth-order valence-electron chi connectivity index (χ4n) is 7.33. The van der Waals surface area contributed by atoms with Crippen LogP contribution in [0.1, 0.15) is 39.7 Å². The molecule has 1 aliphatic heterocycles. The summed E-state index contributed by atoms with van der Waals surface area (Å²) in [5, 5.41) is 0. The number of rotatable bonds is 0. The van der Waals surface area contributed by atoms with Gasteiger partial charge in [-0.1, -0.05) is 54.6 Å². The van der Waals surface area contributed by atoms with E-state index in [1.165, 1.54) is 34.4 Å². The van der Waals surface area contributed by atoms with Crippen molar-refractivity contribution in [3.63, 3.8) is 0 Å². The van der Waals surface area contributed by atoms with Crippen LogP contribution in [0.15, 0.2) is 85.1 Å². The second-order valence-corrected chi connectivity index (χ2v) is 9.15. The number of aromatic nitrogens is 1. The smallest absolute Gasteiger partial charge is 0.187 e. The highest BCUT2D eigenvalue weighted by atomic mass is 15.1. The zero-order valence-electron chi connectivity index (χ0n) is 16.1. The lowest BCUT2D eigenvalue weighted by Crippen LogP contribution is -2.62. The van der Waals surface area contributed by atoms with Crippen LogP contribution in [0, 0.1) is 0 Å². The van der Waals surface area contributed by atoms with Gasteiger partial charge in [-0.3, -0.25) is 0 Å². The molecule has 8 rings (SSSR count). The van der Waals surface area contributed by atoms with Gasteiger partial charge in [-0.15, -0.1) is 0 Å². The molecule has 1 nitrogen and oxygen atoms in total. The monoisotopic (exact) mass is 370 g/mol. The van der Waals surface area contributed by atoms with Crippen LogP contribution in [0.2, 0.25) is 0 Å². The lowest BCUT2D eigenvalue weighted by atomic mass is 9.58. The van der Waals surface area contributed by atoms with Gasteiger partial charge >= 0.3 is 0 Å². The first kappa shape index (κ1) is 14.8. The average molecular weight is 370 g/mol. The third-order valence-electron chi connectivity index (χ3n) is 8.13. The first-order valence-electron chi connectivity index (χ1n) is 10.7. The predicted octanol–water partition coefficient (Wildman–Crippen LogP) is 5.36. The second-order valence-electron chi connectivity index (χ2n) is 9.15. The van der Waals surface area contributed by atoms with E-state index in [1.54, 1.807) is 22.3 Å². The summed E-state index contributed by atoms with van der Waals surface area (Å²) in [6.07, 6.45) is 4.60. The first-order valence-corrected chi connectivity index (χ1v) is 10.7. The summed E-state index contributed by atoms with van der Waals surface area (Å²) in [5.74, 6) is 1.09. The summed E-state index contributed by atoms with van der Waals surface area (Å²) in [4.78, 5) is 0. The Morgan fingerprint density at radius 1 is 0.724 bits per heavy atom. The number of nitrogens with zero attached hydrogens (tertiary/aromatic N) is 1. The van der Waals surface area contributed by atoms with Gasteiger partial charge < -0.3 is 0 Å². The largest absolute Gasteiger partial charge is 0.213 e. The van der Waals surface area contributed by atoms with Gasteiger partial charge in [0.25, 0.3) is 0 Å². The maximum Gasteiger partial charge on any atom is 0.213 e. The maximum atomic E-state index is 2.64. The minimum Gasteiger partial charge on any atom is -0.187 e. The summed E-state index contributed by atoms with van der Waals surface area (Å²) in [6.45, 7) is 0. The van der Waals surface area contributed by atoms with E-state index >= 15 is 0 Å². The molecule has 0 fully saturated rings. The van der Waals surface area contributed by atoms with Crippen molar-refractivity contribution >= 4 is 0 Å². The molecule has 136 valence electrons. The van der Waals surface area contributed by atoms with Gasteiger partial charge in [-0.25, -0.2) is 0 Å². The fraction of sp³-hybridized carbons (Fsp3) is 0.179. The summed E-state index contributed by atoms with van der Waals surface area (Å²) in [5.41, 5.74) is 13.6. The Morgan fingerprint density at radius 3 is 2.52 bits per heavy atom. The van der Waals surface area contributed by atoms with E-state index in [1.807, 2.05) is 0 Å². The molecule has 3 aromatic carbocycles. The molecule has 0 radical (unpaired) electrons. The Hall–Kier alpha value is -3.19. The van der Waals surface area contributed by atoms with Crippen LogP contribution in [0.4, 0.5) is 0 Å². The van der Waals surface area contributed by atoms with Crippen LogP contribution in [-0.4, -0.2) is 0 Å². The van der Waals surface area contributed by atoms with Crippen LogP contribution in [0.5, 0.6) is 0 Å².